The lowest BCUT2D eigenvalue weighted by molar-refractivity contribution is 0.409. The Hall–Kier alpha value is -0.950. The van der Waals surface area contributed by atoms with Crippen LogP contribution in [0.1, 0.15) is 0 Å². The number of nitrogens with one attached hydrogen (secondary N) is 1. The molecule has 0 saturated heterocycles. The van der Waals surface area contributed by atoms with Crippen molar-refractivity contribution in [2.45, 2.75) is 0 Å². The number of hydrogen-bond acceptors (Lipinski definition) is 4. The summed E-state index contributed by atoms with van der Waals surface area (Å²) in [5.74, 6) is 1.28. The van der Waals surface area contributed by atoms with Gasteiger partial charge in [-0.1, -0.05) is 0 Å². The summed E-state index contributed by atoms with van der Waals surface area (Å²) in [5.41, 5.74) is 0.850. The average molecular weight is 334 g/mol. The number of aromatic amines is 1. The third kappa shape index (κ3) is 2.03. The van der Waals surface area contributed by atoms with Gasteiger partial charge in [0.05, 0.1) is 16.1 Å². The Bertz CT molecular complexity index is 448. The average Bonchev–Trinajstić information content (AvgIpc) is 2.69. The standard InChI is InChI=1S/C8H6Br2N4O/c1-15-7-5(9)2-4(3-6(7)10)8-11-13-14-12-8/h2-3H,1H3,(H,11,12,13,14). The number of methoxy groups -OCH3 is 1. The molecule has 0 unspecified atom stereocenters. The van der Waals surface area contributed by atoms with Crippen molar-refractivity contribution < 1.29 is 4.74 Å². The Morgan fingerprint density at radius 1 is 1.27 bits per heavy atom. The molecule has 0 atom stereocenters. The minimum atomic E-state index is 0.541. The summed E-state index contributed by atoms with van der Waals surface area (Å²) in [6.45, 7) is 0. The molecule has 7 heteroatoms. The molecular formula is C8H6Br2N4O. The van der Waals surface area contributed by atoms with Gasteiger partial charge in [0.2, 0.25) is 5.82 Å². The van der Waals surface area contributed by atoms with Gasteiger partial charge in [-0.25, -0.2) is 0 Å². The first-order valence-corrected chi connectivity index (χ1v) is 5.58. The van der Waals surface area contributed by atoms with Crippen LogP contribution in [0.5, 0.6) is 5.75 Å². The lowest BCUT2D eigenvalue weighted by Crippen LogP contribution is -1.88. The number of hydrogen-bond donors (Lipinski definition) is 1. The summed E-state index contributed by atoms with van der Waals surface area (Å²) in [6, 6.07) is 3.74. The third-order valence-electron chi connectivity index (χ3n) is 1.81. The van der Waals surface area contributed by atoms with Gasteiger partial charge >= 0.3 is 0 Å². The zero-order chi connectivity index (χ0) is 10.8. The van der Waals surface area contributed by atoms with Crippen LogP contribution in [0.15, 0.2) is 21.1 Å². The predicted octanol–water partition coefficient (Wildman–Crippen LogP) is 2.40. The van der Waals surface area contributed by atoms with Crippen molar-refractivity contribution >= 4 is 31.9 Å². The number of halogens is 2. The normalized spacial score (nSPS) is 10.3. The molecule has 0 aliphatic carbocycles. The number of ether oxygens (including phenoxy) is 1. The van der Waals surface area contributed by atoms with Crippen LogP contribution in [-0.4, -0.2) is 27.7 Å². The lowest BCUT2D eigenvalue weighted by Gasteiger charge is -2.06. The highest BCUT2D eigenvalue weighted by molar-refractivity contribution is 9.11. The molecule has 15 heavy (non-hydrogen) atoms. The molecule has 0 radical (unpaired) electrons. The Kier molecular flexibility index (Phi) is 3.01. The van der Waals surface area contributed by atoms with Crippen LogP contribution in [0.3, 0.4) is 0 Å². The Labute approximate surface area is 102 Å². The largest absolute Gasteiger partial charge is 0.494 e. The van der Waals surface area contributed by atoms with Crippen LogP contribution in [0.4, 0.5) is 0 Å². The van der Waals surface area contributed by atoms with E-state index in [4.69, 9.17) is 4.74 Å². The third-order valence-corrected chi connectivity index (χ3v) is 2.98. The van der Waals surface area contributed by atoms with Crippen molar-refractivity contribution in [2.75, 3.05) is 7.11 Å². The maximum absolute atomic E-state index is 5.19. The Morgan fingerprint density at radius 3 is 2.40 bits per heavy atom. The molecule has 1 aromatic heterocycles. The van der Waals surface area contributed by atoms with Crippen LogP contribution in [0, 0.1) is 0 Å². The summed E-state index contributed by atoms with van der Waals surface area (Å²) >= 11 is 6.81. The molecule has 0 fully saturated rings. The molecule has 1 aromatic carbocycles. The van der Waals surface area contributed by atoms with E-state index in [1.54, 1.807) is 7.11 Å². The van der Waals surface area contributed by atoms with E-state index in [0.717, 1.165) is 20.3 Å². The minimum Gasteiger partial charge on any atom is -0.494 e. The van der Waals surface area contributed by atoms with Crippen molar-refractivity contribution in [1.82, 2.24) is 20.6 Å². The van der Waals surface area contributed by atoms with E-state index in [0.29, 0.717) is 5.82 Å². The fourth-order valence-electron chi connectivity index (χ4n) is 1.17. The molecule has 0 spiro atoms. The summed E-state index contributed by atoms with van der Waals surface area (Å²) in [7, 11) is 1.61. The van der Waals surface area contributed by atoms with Crippen molar-refractivity contribution in [1.29, 1.82) is 0 Å². The van der Waals surface area contributed by atoms with Crippen molar-refractivity contribution in [2.24, 2.45) is 0 Å². The van der Waals surface area contributed by atoms with Gasteiger partial charge in [-0.05, 0) is 49.2 Å². The van der Waals surface area contributed by atoms with Crippen LogP contribution in [0.25, 0.3) is 11.4 Å². The van der Waals surface area contributed by atoms with Crippen LogP contribution in [0.2, 0.25) is 0 Å². The van der Waals surface area contributed by atoms with Crippen LogP contribution in [-0.2, 0) is 0 Å². The van der Waals surface area contributed by atoms with E-state index in [1.165, 1.54) is 0 Å². The fraction of sp³-hybridized carbons (Fsp3) is 0.125. The maximum atomic E-state index is 5.19. The Balaban J connectivity index is 2.53. The van der Waals surface area contributed by atoms with Crippen molar-refractivity contribution in [3.63, 3.8) is 0 Å². The van der Waals surface area contributed by atoms with E-state index in [-0.39, 0.29) is 0 Å². The van der Waals surface area contributed by atoms with Gasteiger partial charge in [-0.15, -0.1) is 10.2 Å². The minimum absolute atomic E-state index is 0.541. The van der Waals surface area contributed by atoms with E-state index in [9.17, 15) is 0 Å². The van der Waals surface area contributed by atoms with Gasteiger partial charge in [-0.3, -0.25) is 0 Å². The molecule has 0 amide bonds. The number of tetrazole rings is 1. The molecule has 0 saturated carbocycles. The molecule has 2 aromatic rings. The second-order valence-electron chi connectivity index (χ2n) is 2.71. The van der Waals surface area contributed by atoms with Gasteiger partial charge in [0.15, 0.2) is 0 Å². The smallest absolute Gasteiger partial charge is 0.204 e. The summed E-state index contributed by atoms with van der Waals surface area (Å²) in [4.78, 5) is 0. The summed E-state index contributed by atoms with van der Waals surface area (Å²) in [5, 5.41) is 13.7. The first kappa shape index (κ1) is 10.6. The zero-order valence-corrected chi connectivity index (χ0v) is 10.8. The molecule has 1 N–H and O–H groups in total. The van der Waals surface area contributed by atoms with Crippen LogP contribution < -0.4 is 4.74 Å². The molecule has 0 aliphatic rings. The van der Waals surface area contributed by atoms with Gasteiger partial charge < -0.3 is 4.74 Å². The lowest BCUT2D eigenvalue weighted by atomic mass is 10.2. The van der Waals surface area contributed by atoms with Crippen LogP contribution >= 0.6 is 31.9 Å². The maximum Gasteiger partial charge on any atom is 0.204 e. The Morgan fingerprint density at radius 2 is 1.93 bits per heavy atom. The molecule has 0 aliphatic heterocycles. The molecule has 5 nitrogen and oxygen atoms in total. The second kappa shape index (κ2) is 4.28. The highest BCUT2D eigenvalue weighted by atomic mass is 79.9. The highest BCUT2D eigenvalue weighted by Crippen LogP contribution is 2.36. The molecule has 1 heterocycles. The first-order valence-electron chi connectivity index (χ1n) is 3.99. The zero-order valence-electron chi connectivity index (χ0n) is 7.66. The molecule has 78 valence electrons. The highest BCUT2D eigenvalue weighted by Gasteiger charge is 2.11. The van der Waals surface area contributed by atoms with E-state index in [1.807, 2.05) is 12.1 Å². The number of rotatable bonds is 2. The topological polar surface area (TPSA) is 63.7 Å². The van der Waals surface area contributed by atoms with E-state index >= 15 is 0 Å². The number of H-pyrrole nitrogens is 1. The van der Waals surface area contributed by atoms with Gasteiger partial charge in [0.25, 0.3) is 0 Å². The number of benzene rings is 1. The number of nitrogens with zero attached hydrogens (tertiary/aromatic N) is 3. The molecule has 0 bridgehead atoms. The second-order valence-corrected chi connectivity index (χ2v) is 4.42. The van der Waals surface area contributed by atoms with E-state index in [2.05, 4.69) is 52.5 Å². The van der Waals surface area contributed by atoms with E-state index < -0.39 is 0 Å². The predicted molar refractivity (Wildman–Crippen MR) is 61.6 cm³/mol. The summed E-state index contributed by atoms with van der Waals surface area (Å²) in [6.07, 6.45) is 0. The number of aromatic nitrogens is 4. The monoisotopic (exact) mass is 332 g/mol. The first-order chi connectivity index (χ1) is 7.22. The van der Waals surface area contributed by atoms with Gasteiger partial charge in [-0.2, -0.15) is 5.21 Å². The van der Waals surface area contributed by atoms with Crippen molar-refractivity contribution in [3.05, 3.63) is 21.1 Å². The molecule has 2 rings (SSSR count). The molecular weight excluding hydrogens is 328 g/mol. The van der Waals surface area contributed by atoms with Crippen molar-refractivity contribution in [3.8, 4) is 17.1 Å². The van der Waals surface area contributed by atoms with Gasteiger partial charge in [0.1, 0.15) is 5.75 Å². The SMILES string of the molecule is COc1c(Br)cc(-c2nn[nH]n2)cc1Br. The van der Waals surface area contributed by atoms with Gasteiger partial charge in [0, 0.05) is 5.56 Å². The quantitative estimate of drug-likeness (QED) is 0.916. The fourth-order valence-corrected chi connectivity index (χ4v) is 2.68. The summed E-state index contributed by atoms with van der Waals surface area (Å²) < 4.78 is 6.86.